The number of methoxy groups -OCH3 is 1. The van der Waals surface area contributed by atoms with Crippen LogP contribution in [-0.2, 0) is 9.59 Å². The highest BCUT2D eigenvalue weighted by molar-refractivity contribution is 6.39. The van der Waals surface area contributed by atoms with Gasteiger partial charge in [-0.1, -0.05) is 6.07 Å². The Morgan fingerprint density at radius 2 is 1.71 bits per heavy atom. The maximum Gasteiger partial charge on any atom is 0.329 e. The van der Waals surface area contributed by atoms with E-state index in [0.29, 0.717) is 5.69 Å². The molecule has 2 N–H and O–H groups in total. The molecule has 0 spiro atoms. The van der Waals surface area contributed by atoms with E-state index in [0.717, 1.165) is 22.4 Å². The van der Waals surface area contributed by atoms with Gasteiger partial charge in [0.15, 0.2) is 0 Å². The van der Waals surface area contributed by atoms with Crippen LogP contribution in [0.1, 0.15) is 16.7 Å². The Hall–Kier alpha value is -3.15. The van der Waals surface area contributed by atoms with Gasteiger partial charge in [0.1, 0.15) is 5.75 Å². The van der Waals surface area contributed by atoms with Crippen molar-refractivity contribution in [1.29, 1.82) is 0 Å². The highest BCUT2D eigenvalue weighted by Crippen LogP contribution is 2.14. The molecule has 2 rings (SSSR count). The quantitative estimate of drug-likeness (QED) is 0.515. The van der Waals surface area contributed by atoms with Gasteiger partial charge in [-0.25, -0.2) is 5.43 Å². The second kappa shape index (κ2) is 7.92. The number of hydrogen-bond donors (Lipinski definition) is 2. The molecule has 0 aromatic heterocycles. The van der Waals surface area contributed by atoms with Crippen LogP contribution in [0.4, 0.5) is 5.69 Å². The van der Waals surface area contributed by atoms with E-state index in [4.69, 9.17) is 4.74 Å². The summed E-state index contributed by atoms with van der Waals surface area (Å²) in [7, 11) is 1.58. The molecule has 2 amide bonds. The zero-order chi connectivity index (χ0) is 17.5. The minimum atomic E-state index is -0.835. The van der Waals surface area contributed by atoms with E-state index in [-0.39, 0.29) is 0 Å². The number of carbonyl (C=O) groups excluding carboxylic acids is 2. The summed E-state index contributed by atoms with van der Waals surface area (Å²) >= 11 is 0. The Labute approximate surface area is 140 Å². The first-order valence-corrected chi connectivity index (χ1v) is 7.35. The van der Waals surface area contributed by atoms with Crippen LogP contribution < -0.4 is 15.5 Å². The van der Waals surface area contributed by atoms with Crippen molar-refractivity contribution in [1.82, 2.24) is 5.43 Å². The van der Waals surface area contributed by atoms with Gasteiger partial charge in [0.25, 0.3) is 0 Å². The Morgan fingerprint density at radius 1 is 1.00 bits per heavy atom. The molecule has 2 aromatic rings. The van der Waals surface area contributed by atoms with Crippen molar-refractivity contribution in [2.75, 3.05) is 12.4 Å². The van der Waals surface area contributed by atoms with E-state index in [1.807, 2.05) is 19.9 Å². The predicted octanol–water partition coefficient (Wildman–Crippen LogP) is 2.40. The van der Waals surface area contributed by atoms with Crippen LogP contribution in [0.3, 0.4) is 0 Å². The molecule has 0 unspecified atom stereocenters. The van der Waals surface area contributed by atoms with Crippen molar-refractivity contribution in [3.63, 3.8) is 0 Å². The average molecular weight is 325 g/mol. The monoisotopic (exact) mass is 325 g/mol. The normalized spacial score (nSPS) is 10.5. The van der Waals surface area contributed by atoms with Crippen LogP contribution >= 0.6 is 0 Å². The molecule has 0 saturated carbocycles. The molecule has 0 aliphatic heterocycles. The third-order valence-corrected chi connectivity index (χ3v) is 3.47. The maximum atomic E-state index is 11.8. The van der Waals surface area contributed by atoms with Gasteiger partial charge in [0.05, 0.1) is 13.3 Å². The van der Waals surface area contributed by atoms with Crippen molar-refractivity contribution in [2.24, 2.45) is 5.10 Å². The molecule has 0 saturated heterocycles. The predicted molar refractivity (Wildman–Crippen MR) is 93.3 cm³/mol. The Bertz CT molecular complexity index is 768. The summed E-state index contributed by atoms with van der Waals surface area (Å²) in [5.74, 6) is -0.882. The number of benzene rings is 2. The van der Waals surface area contributed by atoms with Crippen LogP contribution in [0, 0.1) is 13.8 Å². The minimum Gasteiger partial charge on any atom is -0.497 e. The molecule has 6 heteroatoms. The fourth-order valence-electron chi connectivity index (χ4n) is 1.91. The Morgan fingerprint density at radius 3 is 2.33 bits per heavy atom. The number of hydrazone groups is 1. The topological polar surface area (TPSA) is 79.8 Å². The van der Waals surface area contributed by atoms with E-state index in [1.54, 1.807) is 43.5 Å². The zero-order valence-electron chi connectivity index (χ0n) is 13.8. The van der Waals surface area contributed by atoms with Gasteiger partial charge in [-0.15, -0.1) is 0 Å². The van der Waals surface area contributed by atoms with E-state index < -0.39 is 11.8 Å². The molecule has 0 aliphatic carbocycles. The Balaban J connectivity index is 1.89. The van der Waals surface area contributed by atoms with Gasteiger partial charge in [-0.3, -0.25) is 9.59 Å². The van der Waals surface area contributed by atoms with E-state index >= 15 is 0 Å². The molecule has 0 radical (unpaired) electrons. The number of amides is 2. The lowest BCUT2D eigenvalue weighted by molar-refractivity contribution is -0.136. The molecule has 0 atom stereocenters. The van der Waals surface area contributed by atoms with Crippen molar-refractivity contribution in [3.8, 4) is 5.75 Å². The van der Waals surface area contributed by atoms with Gasteiger partial charge in [0, 0.05) is 5.69 Å². The number of ether oxygens (including phenoxy) is 1. The van der Waals surface area contributed by atoms with Crippen molar-refractivity contribution < 1.29 is 14.3 Å². The van der Waals surface area contributed by atoms with Gasteiger partial charge in [-0.05, 0) is 66.9 Å². The largest absolute Gasteiger partial charge is 0.497 e. The SMILES string of the molecule is COc1ccc(/C=N\NC(=O)C(=O)Nc2ccc(C)c(C)c2)cc1. The number of anilines is 1. The maximum absolute atomic E-state index is 11.8. The average Bonchev–Trinajstić information content (AvgIpc) is 2.58. The highest BCUT2D eigenvalue weighted by atomic mass is 16.5. The smallest absolute Gasteiger partial charge is 0.329 e. The highest BCUT2D eigenvalue weighted by Gasteiger charge is 2.12. The third kappa shape index (κ3) is 4.67. The lowest BCUT2D eigenvalue weighted by atomic mass is 10.1. The number of nitrogens with one attached hydrogen (secondary N) is 2. The van der Waals surface area contributed by atoms with Crippen molar-refractivity contribution in [3.05, 3.63) is 59.2 Å². The fourth-order valence-corrected chi connectivity index (χ4v) is 1.91. The molecular formula is C18H19N3O3. The number of nitrogens with zero attached hydrogens (tertiary/aromatic N) is 1. The van der Waals surface area contributed by atoms with Gasteiger partial charge < -0.3 is 10.1 Å². The summed E-state index contributed by atoms with van der Waals surface area (Å²) in [6.45, 7) is 3.91. The van der Waals surface area contributed by atoms with Crippen LogP contribution in [0.5, 0.6) is 5.75 Å². The lowest BCUT2D eigenvalue weighted by Gasteiger charge is -2.06. The number of rotatable bonds is 4. The minimum absolute atomic E-state index is 0.567. The van der Waals surface area contributed by atoms with Crippen LogP contribution in [-0.4, -0.2) is 25.1 Å². The molecule has 0 fully saturated rings. The third-order valence-electron chi connectivity index (χ3n) is 3.47. The first-order valence-electron chi connectivity index (χ1n) is 7.35. The molecular weight excluding hydrogens is 306 g/mol. The van der Waals surface area contributed by atoms with Crippen LogP contribution in [0.25, 0.3) is 0 Å². The summed E-state index contributed by atoms with van der Waals surface area (Å²) in [5.41, 5.74) is 5.67. The molecule has 24 heavy (non-hydrogen) atoms. The molecule has 6 nitrogen and oxygen atoms in total. The molecule has 124 valence electrons. The van der Waals surface area contributed by atoms with E-state index in [2.05, 4.69) is 15.8 Å². The zero-order valence-corrected chi connectivity index (χ0v) is 13.8. The van der Waals surface area contributed by atoms with Gasteiger partial charge >= 0.3 is 11.8 Å². The standard InChI is InChI=1S/C18H19N3O3/c1-12-4-7-15(10-13(12)2)20-17(22)18(23)21-19-11-14-5-8-16(24-3)9-6-14/h4-11H,1-3H3,(H,20,22)(H,21,23)/b19-11-. The number of aryl methyl sites for hydroxylation is 2. The first kappa shape index (κ1) is 17.2. The summed E-state index contributed by atoms with van der Waals surface area (Å²) in [5, 5.41) is 6.30. The van der Waals surface area contributed by atoms with Gasteiger partial charge in [0.2, 0.25) is 0 Å². The van der Waals surface area contributed by atoms with Gasteiger partial charge in [-0.2, -0.15) is 5.10 Å². The lowest BCUT2D eigenvalue weighted by Crippen LogP contribution is -2.32. The summed E-state index contributed by atoms with van der Waals surface area (Å²) in [6.07, 6.45) is 1.45. The first-order chi connectivity index (χ1) is 11.5. The Kier molecular flexibility index (Phi) is 5.68. The van der Waals surface area contributed by atoms with Crippen LogP contribution in [0.15, 0.2) is 47.6 Å². The van der Waals surface area contributed by atoms with E-state index in [1.165, 1.54) is 6.21 Å². The summed E-state index contributed by atoms with van der Waals surface area (Å²) in [6, 6.07) is 12.5. The number of hydrogen-bond acceptors (Lipinski definition) is 4. The van der Waals surface area contributed by atoms with Crippen molar-refractivity contribution >= 4 is 23.7 Å². The second-order valence-electron chi connectivity index (χ2n) is 5.23. The fraction of sp³-hybridized carbons (Fsp3) is 0.167. The summed E-state index contributed by atoms with van der Waals surface area (Å²) < 4.78 is 5.05. The van der Waals surface area contributed by atoms with Crippen LogP contribution in [0.2, 0.25) is 0 Å². The molecule has 0 heterocycles. The van der Waals surface area contributed by atoms with E-state index in [9.17, 15) is 9.59 Å². The second-order valence-corrected chi connectivity index (χ2v) is 5.23. The number of carbonyl (C=O) groups is 2. The molecule has 2 aromatic carbocycles. The van der Waals surface area contributed by atoms with Crippen molar-refractivity contribution in [2.45, 2.75) is 13.8 Å². The molecule has 0 aliphatic rings. The summed E-state index contributed by atoms with van der Waals surface area (Å²) in [4.78, 5) is 23.6. The molecule has 0 bridgehead atoms.